The van der Waals surface area contributed by atoms with Gasteiger partial charge >= 0.3 is 5.97 Å². The Kier molecular flexibility index (Phi) is 5.57. The van der Waals surface area contributed by atoms with Crippen LogP contribution in [0.4, 0.5) is 5.69 Å². The third kappa shape index (κ3) is 4.14. The lowest BCUT2D eigenvalue weighted by molar-refractivity contribution is 0.0733. The number of para-hydroxylation sites is 1. The second-order valence-corrected chi connectivity index (χ2v) is 7.92. The average molecular weight is 472 g/mol. The molecule has 0 radical (unpaired) electrons. The van der Waals surface area contributed by atoms with Crippen molar-refractivity contribution in [2.75, 3.05) is 5.32 Å². The van der Waals surface area contributed by atoms with Crippen molar-refractivity contribution < 1.29 is 14.3 Å². The summed E-state index contributed by atoms with van der Waals surface area (Å²) in [6.07, 6.45) is 4.77. The molecular formula is C25H18ClN5O3. The molecule has 0 aliphatic heterocycles. The zero-order valence-corrected chi connectivity index (χ0v) is 18.7. The predicted molar refractivity (Wildman–Crippen MR) is 129 cm³/mol. The summed E-state index contributed by atoms with van der Waals surface area (Å²) in [5.41, 5.74) is 3.18. The van der Waals surface area contributed by atoms with Crippen LogP contribution in [0.15, 0.2) is 79.3 Å². The Bertz CT molecular complexity index is 1520. The highest BCUT2D eigenvalue weighted by molar-refractivity contribution is 6.34. The maximum absolute atomic E-state index is 12.8. The zero-order chi connectivity index (χ0) is 23.7. The van der Waals surface area contributed by atoms with E-state index in [2.05, 4.69) is 20.4 Å². The van der Waals surface area contributed by atoms with Gasteiger partial charge in [-0.15, -0.1) is 0 Å². The fourth-order valence-electron chi connectivity index (χ4n) is 3.55. The Morgan fingerprint density at radius 2 is 1.85 bits per heavy atom. The quantitative estimate of drug-likeness (QED) is 0.271. The topological polar surface area (TPSA) is 102 Å². The molecule has 5 rings (SSSR count). The lowest BCUT2D eigenvalue weighted by Gasteiger charge is -2.10. The van der Waals surface area contributed by atoms with E-state index in [1.165, 1.54) is 24.4 Å². The minimum Gasteiger partial charge on any atom is -0.423 e. The van der Waals surface area contributed by atoms with E-state index in [0.29, 0.717) is 16.9 Å². The van der Waals surface area contributed by atoms with Crippen molar-refractivity contribution in [3.8, 4) is 11.4 Å². The van der Waals surface area contributed by atoms with Gasteiger partial charge in [0.25, 0.3) is 5.91 Å². The lowest BCUT2D eigenvalue weighted by atomic mass is 10.2. The second kappa shape index (κ2) is 8.84. The molecule has 0 atom stereocenters. The van der Waals surface area contributed by atoms with Gasteiger partial charge in [0.05, 0.1) is 40.0 Å². The Balaban J connectivity index is 1.35. The maximum atomic E-state index is 12.8. The Morgan fingerprint density at radius 3 is 2.68 bits per heavy atom. The number of pyridine rings is 1. The fraction of sp³-hybridized carbons (Fsp3) is 0.0400. The van der Waals surface area contributed by atoms with Crippen molar-refractivity contribution in [1.82, 2.24) is 19.7 Å². The fourth-order valence-corrected chi connectivity index (χ4v) is 3.75. The van der Waals surface area contributed by atoms with Crippen LogP contribution in [0.1, 0.15) is 26.4 Å². The van der Waals surface area contributed by atoms with Gasteiger partial charge in [-0.05, 0) is 49.4 Å². The molecule has 2 N–H and O–H groups in total. The lowest BCUT2D eigenvalue weighted by Crippen LogP contribution is -2.14. The van der Waals surface area contributed by atoms with E-state index in [1.807, 2.05) is 36.4 Å². The van der Waals surface area contributed by atoms with Crippen LogP contribution >= 0.6 is 11.6 Å². The number of aromatic amines is 1. The number of anilines is 1. The number of H-pyrrole nitrogens is 1. The Labute approximate surface area is 199 Å². The van der Waals surface area contributed by atoms with Crippen LogP contribution in [0.2, 0.25) is 5.02 Å². The number of hydrogen-bond acceptors (Lipinski definition) is 5. The van der Waals surface area contributed by atoms with Crippen LogP contribution in [-0.2, 0) is 0 Å². The van der Waals surface area contributed by atoms with Crippen molar-refractivity contribution in [3.63, 3.8) is 0 Å². The number of hydrogen-bond donors (Lipinski definition) is 2. The molecule has 3 aromatic heterocycles. The molecule has 1 amide bonds. The molecule has 168 valence electrons. The molecule has 8 nitrogen and oxygen atoms in total. The molecule has 0 saturated heterocycles. The Hall–Kier alpha value is -4.43. The van der Waals surface area contributed by atoms with E-state index in [-0.39, 0.29) is 16.3 Å². The maximum Gasteiger partial charge on any atom is 0.347 e. The number of esters is 1. The van der Waals surface area contributed by atoms with E-state index in [1.54, 1.807) is 30.1 Å². The van der Waals surface area contributed by atoms with Gasteiger partial charge < -0.3 is 15.0 Å². The smallest absolute Gasteiger partial charge is 0.347 e. The van der Waals surface area contributed by atoms with Gasteiger partial charge in [-0.1, -0.05) is 29.8 Å². The minimum absolute atomic E-state index is 0.165. The molecule has 3 heterocycles. The van der Waals surface area contributed by atoms with Gasteiger partial charge in [0.15, 0.2) is 0 Å². The highest BCUT2D eigenvalue weighted by atomic mass is 35.5. The van der Waals surface area contributed by atoms with Gasteiger partial charge in [-0.2, -0.15) is 5.10 Å². The van der Waals surface area contributed by atoms with E-state index in [4.69, 9.17) is 16.3 Å². The summed E-state index contributed by atoms with van der Waals surface area (Å²) in [6.45, 7) is 1.78. The first-order valence-electron chi connectivity index (χ1n) is 10.4. The molecule has 0 spiro atoms. The summed E-state index contributed by atoms with van der Waals surface area (Å²) >= 11 is 6.25. The summed E-state index contributed by atoms with van der Waals surface area (Å²) in [5.74, 6) is -0.853. The largest absolute Gasteiger partial charge is 0.423 e. The normalized spacial score (nSPS) is 10.9. The monoisotopic (exact) mass is 471 g/mol. The summed E-state index contributed by atoms with van der Waals surface area (Å²) in [4.78, 5) is 32.9. The number of carbonyl (C=O) groups excluding carboxylic acids is 2. The highest BCUT2D eigenvalue weighted by Gasteiger charge is 2.19. The number of fused-ring (bicyclic) bond motifs is 1. The Morgan fingerprint density at radius 1 is 1.03 bits per heavy atom. The molecule has 0 aliphatic rings. The van der Waals surface area contributed by atoms with Gasteiger partial charge in [0.2, 0.25) is 0 Å². The van der Waals surface area contributed by atoms with Crippen LogP contribution in [0.25, 0.3) is 16.7 Å². The number of halogens is 1. The van der Waals surface area contributed by atoms with Crippen LogP contribution in [0.3, 0.4) is 0 Å². The minimum atomic E-state index is -0.588. The summed E-state index contributed by atoms with van der Waals surface area (Å²) in [7, 11) is 0. The molecule has 9 heteroatoms. The van der Waals surface area contributed by atoms with Gasteiger partial charge in [-0.3, -0.25) is 4.79 Å². The molecule has 0 saturated carbocycles. The highest BCUT2D eigenvalue weighted by Crippen LogP contribution is 2.25. The first-order valence-corrected chi connectivity index (χ1v) is 10.7. The number of nitrogens with zero attached hydrogens (tertiary/aromatic N) is 3. The van der Waals surface area contributed by atoms with Gasteiger partial charge in [0.1, 0.15) is 17.0 Å². The zero-order valence-electron chi connectivity index (χ0n) is 17.9. The average Bonchev–Trinajstić information content (AvgIpc) is 3.47. The van der Waals surface area contributed by atoms with Gasteiger partial charge in [-0.25, -0.2) is 14.5 Å². The van der Waals surface area contributed by atoms with E-state index in [0.717, 1.165) is 16.7 Å². The van der Waals surface area contributed by atoms with Crippen molar-refractivity contribution >= 4 is 40.2 Å². The molecule has 34 heavy (non-hydrogen) atoms. The van der Waals surface area contributed by atoms with Crippen molar-refractivity contribution in [1.29, 1.82) is 0 Å². The van der Waals surface area contributed by atoms with Crippen molar-refractivity contribution in [2.24, 2.45) is 0 Å². The van der Waals surface area contributed by atoms with Crippen LogP contribution in [-0.4, -0.2) is 31.6 Å². The van der Waals surface area contributed by atoms with E-state index >= 15 is 0 Å². The SMILES string of the molecule is Cc1c(C(=O)Oc2ccc(Cl)c(C(=O)Nc3cnc4[nH]ccc4c3)c2)cnn1-c1ccccc1. The van der Waals surface area contributed by atoms with Crippen LogP contribution in [0.5, 0.6) is 5.75 Å². The summed E-state index contributed by atoms with van der Waals surface area (Å²) in [6, 6.07) is 17.6. The first kappa shape index (κ1) is 21.4. The van der Waals surface area contributed by atoms with E-state index < -0.39 is 11.9 Å². The van der Waals surface area contributed by atoms with Crippen LogP contribution < -0.4 is 10.1 Å². The number of aromatic nitrogens is 4. The third-order valence-electron chi connectivity index (χ3n) is 5.28. The number of nitrogens with one attached hydrogen (secondary N) is 2. The molecule has 0 unspecified atom stereocenters. The van der Waals surface area contributed by atoms with Crippen molar-refractivity contribution in [2.45, 2.75) is 6.92 Å². The molecule has 2 aromatic carbocycles. The second-order valence-electron chi connectivity index (χ2n) is 7.52. The van der Waals surface area contributed by atoms with Crippen molar-refractivity contribution in [3.05, 3.63) is 101 Å². The molecular weight excluding hydrogens is 454 g/mol. The summed E-state index contributed by atoms with van der Waals surface area (Å²) in [5, 5.41) is 8.15. The number of carbonyl (C=O) groups is 2. The van der Waals surface area contributed by atoms with Crippen LogP contribution in [0, 0.1) is 6.92 Å². The number of benzene rings is 2. The molecule has 0 bridgehead atoms. The standard InChI is InChI=1S/C25H18ClN5O3/c1-15-21(14-29-31(15)18-5-3-2-4-6-18)25(33)34-19-7-8-22(26)20(12-19)24(32)30-17-11-16-9-10-27-23(16)28-13-17/h2-14H,1H3,(H,27,28)(H,30,32). The van der Waals surface area contributed by atoms with Gasteiger partial charge in [0, 0.05) is 11.6 Å². The molecule has 0 aliphatic carbocycles. The first-order chi connectivity index (χ1) is 16.5. The number of ether oxygens (including phenoxy) is 1. The summed E-state index contributed by atoms with van der Waals surface area (Å²) < 4.78 is 7.19. The van der Waals surface area contributed by atoms with E-state index in [9.17, 15) is 9.59 Å². The molecule has 5 aromatic rings. The third-order valence-corrected chi connectivity index (χ3v) is 5.61. The molecule has 0 fully saturated rings. The number of rotatable bonds is 5. The predicted octanol–water partition coefficient (Wildman–Crippen LogP) is 5.18. The number of amides is 1.